The summed E-state index contributed by atoms with van der Waals surface area (Å²) < 4.78 is 15.5. The summed E-state index contributed by atoms with van der Waals surface area (Å²) in [6.45, 7) is 5.46. The molecule has 1 aliphatic heterocycles. The van der Waals surface area contributed by atoms with Gasteiger partial charge in [-0.3, -0.25) is 19.1 Å². The molecule has 4 aromatic rings. The molecule has 3 heterocycles. The Bertz CT molecular complexity index is 1400. The molecule has 35 heavy (non-hydrogen) atoms. The van der Waals surface area contributed by atoms with E-state index in [0.717, 1.165) is 16.7 Å². The maximum atomic E-state index is 13.9. The van der Waals surface area contributed by atoms with E-state index >= 15 is 0 Å². The Labute approximate surface area is 207 Å². The molecular formula is C27H27FN4O2S. The first kappa shape index (κ1) is 23.4. The van der Waals surface area contributed by atoms with Crippen molar-refractivity contribution in [3.05, 3.63) is 87.5 Å². The molecule has 0 N–H and O–H groups in total. The van der Waals surface area contributed by atoms with Crippen molar-refractivity contribution in [2.75, 3.05) is 26.2 Å². The third kappa shape index (κ3) is 5.04. The lowest BCUT2D eigenvalue weighted by Gasteiger charge is -2.35. The number of nitrogens with zero attached hydrogens (tertiary/aromatic N) is 4. The van der Waals surface area contributed by atoms with Gasteiger partial charge in [0.2, 0.25) is 5.91 Å². The molecule has 0 atom stereocenters. The number of amides is 1. The van der Waals surface area contributed by atoms with Gasteiger partial charge >= 0.3 is 0 Å². The van der Waals surface area contributed by atoms with E-state index < -0.39 is 0 Å². The van der Waals surface area contributed by atoms with Crippen molar-refractivity contribution in [1.29, 1.82) is 0 Å². The summed E-state index contributed by atoms with van der Waals surface area (Å²) in [7, 11) is 0. The molecule has 0 radical (unpaired) electrons. The molecule has 0 bridgehead atoms. The van der Waals surface area contributed by atoms with Crippen LogP contribution in [-0.4, -0.2) is 51.4 Å². The third-order valence-electron chi connectivity index (χ3n) is 6.57. The highest BCUT2D eigenvalue weighted by Gasteiger charge is 2.22. The lowest BCUT2D eigenvalue weighted by molar-refractivity contribution is -0.133. The van der Waals surface area contributed by atoms with Gasteiger partial charge in [0.1, 0.15) is 10.6 Å². The summed E-state index contributed by atoms with van der Waals surface area (Å²) in [5.74, 6) is -0.176. The quantitative estimate of drug-likeness (QED) is 0.404. The number of thiophene rings is 1. The van der Waals surface area contributed by atoms with Gasteiger partial charge in [-0.15, -0.1) is 11.3 Å². The summed E-state index contributed by atoms with van der Waals surface area (Å²) >= 11 is 1.46. The second-order valence-electron chi connectivity index (χ2n) is 8.94. The fraction of sp³-hybridized carbons (Fsp3) is 0.296. The van der Waals surface area contributed by atoms with Crippen molar-refractivity contribution in [1.82, 2.24) is 19.4 Å². The van der Waals surface area contributed by atoms with Gasteiger partial charge < -0.3 is 4.90 Å². The number of carbonyl (C=O) groups is 1. The molecule has 6 nitrogen and oxygen atoms in total. The SMILES string of the molecule is Cc1ccc(-c2csc3ncn(CCC(=O)N4CCN(Cc5ccccc5F)CC4)c(=O)c23)cc1. The number of rotatable bonds is 6. The molecule has 2 aromatic carbocycles. The predicted molar refractivity (Wildman–Crippen MR) is 137 cm³/mol. The van der Waals surface area contributed by atoms with E-state index in [1.165, 1.54) is 17.4 Å². The van der Waals surface area contributed by atoms with Crippen molar-refractivity contribution in [3.63, 3.8) is 0 Å². The number of aromatic nitrogens is 2. The summed E-state index contributed by atoms with van der Waals surface area (Å²) in [6.07, 6.45) is 1.78. The van der Waals surface area contributed by atoms with Crippen molar-refractivity contribution < 1.29 is 9.18 Å². The average molecular weight is 491 g/mol. The van der Waals surface area contributed by atoms with Gasteiger partial charge in [0.05, 0.1) is 11.7 Å². The van der Waals surface area contributed by atoms with Gasteiger partial charge in [-0.1, -0.05) is 48.0 Å². The number of hydrogen-bond donors (Lipinski definition) is 0. The molecule has 0 unspecified atom stereocenters. The summed E-state index contributed by atoms with van der Waals surface area (Å²) in [6, 6.07) is 14.9. The zero-order chi connectivity index (χ0) is 24.4. The maximum absolute atomic E-state index is 13.9. The highest BCUT2D eigenvalue weighted by molar-refractivity contribution is 7.17. The van der Waals surface area contributed by atoms with Gasteiger partial charge in [0.25, 0.3) is 5.56 Å². The van der Waals surface area contributed by atoms with E-state index in [1.54, 1.807) is 23.0 Å². The predicted octanol–water partition coefficient (Wildman–Crippen LogP) is 4.31. The largest absolute Gasteiger partial charge is 0.340 e. The fourth-order valence-electron chi connectivity index (χ4n) is 4.47. The highest BCUT2D eigenvalue weighted by atomic mass is 32.1. The van der Waals surface area contributed by atoms with Crippen LogP contribution >= 0.6 is 11.3 Å². The fourth-order valence-corrected chi connectivity index (χ4v) is 5.38. The van der Waals surface area contributed by atoms with Crippen LogP contribution in [0.15, 0.2) is 65.0 Å². The normalized spacial score (nSPS) is 14.5. The van der Waals surface area contributed by atoms with E-state index in [0.29, 0.717) is 55.0 Å². The molecule has 0 saturated carbocycles. The van der Waals surface area contributed by atoms with Crippen LogP contribution in [0.2, 0.25) is 0 Å². The van der Waals surface area contributed by atoms with E-state index in [9.17, 15) is 14.0 Å². The molecule has 8 heteroatoms. The lowest BCUT2D eigenvalue weighted by atomic mass is 10.1. The number of fused-ring (bicyclic) bond motifs is 1. The minimum Gasteiger partial charge on any atom is -0.340 e. The Balaban J connectivity index is 1.22. The first-order valence-electron chi connectivity index (χ1n) is 11.8. The smallest absolute Gasteiger partial charge is 0.262 e. The second-order valence-corrected chi connectivity index (χ2v) is 9.80. The summed E-state index contributed by atoms with van der Waals surface area (Å²) in [5, 5.41) is 2.58. The number of hydrogen-bond acceptors (Lipinski definition) is 5. The Morgan fingerprint density at radius 1 is 1.06 bits per heavy atom. The Morgan fingerprint density at radius 3 is 2.54 bits per heavy atom. The Morgan fingerprint density at radius 2 is 1.80 bits per heavy atom. The first-order valence-corrected chi connectivity index (χ1v) is 12.6. The van der Waals surface area contributed by atoms with Crippen LogP contribution in [-0.2, 0) is 17.9 Å². The van der Waals surface area contributed by atoms with Crippen molar-refractivity contribution in [2.24, 2.45) is 0 Å². The number of piperazine rings is 1. The highest BCUT2D eigenvalue weighted by Crippen LogP contribution is 2.30. The minimum atomic E-state index is -0.196. The molecule has 180 valence electrons. The summed E-state index contributed by atoms with van der Waals surface area (Å²) in [4.78, 5) is 35.3. The zero-order valence-electron chi connectivity index (χ0n) is 19.6. The van der Waals surface area contributed by atoms with Gasteiger partial charge in [0, 0.05) is 62.2 Å². The van der Waals surface area contributed by atoms with Gasteiger partial charge in [-0.2, -0.15) is 0 Å². The number of aryl methyl sites for hydroxylation is 2. The van der Waals surface area contributed by atoms with Crippen LogP contribution in [0.4, 0.5) is 4.39 Å². The number of halogens is 1. The molecule has 0 spiro atoms. The van der Waals surface area contributed by atoms with Crippen LogP contribution < -0.4 is 5.56 Å². The second kappa shape index (κ2) is 10.1. The lowest BCUT2D eigenvalue weighted by Crippen LogP contribution is -2.48. The van der Waals surface area contributed by atoms with Crippen LogP contribution in [0.25, 0.3) is 21.3 Å². The molecule has 1 aliphatic rings. The van der Waals surface area contributed by atoms with E-state index in [4.69, 9.17) is 0 Å². The molecule has 5 rings (SSSR count). The topological polar surface area (TPSA) is 58.4 Å². The Kier molecular flexibility index (Phi) is 6.74. The number of carbonyl (C=O) groups excluding carboxylic acids is 1. The molecule has 0 aliphatic carbocycles. The van der Waals surface area contributed by atoms with E-state index in [2.05, 4.69) is 9.88 Å². The number of benzene rings is 2. The molecule has 1 saturated heterocycles. The monoisotopic (exact) mass is 490 g/mol. The minimum absolute atomic E-state index is 0.0200. The van der Waals surface area contributed by atoms with Crippen LogP contribution in [0.5, 0.6) is 0 Å². The first-order chi connectivity index (χ1) is 17.0. The van der Waals surface area contributed by atoms with Gasteiger partial charge in [-0.25, -0.2) is 9.37 Å². The van der Waals surface area contributed by atoms with Crippen LogP contribution in [0.3, 0.4) is 0 Å². The molecule has 1 fully saturated rings. The van der Waals surface area contributed by atoms with Crippen molar-refractivity contribution in [2.45, 2.75) is 26.4 Å². The van der Waals surface area contributed by atoms with Crippen molar-refractivity contribution >= 4 is 27.5 Å². The van der Waals surface area contributed by atoms with Crippen LogP contribution in [0, 0.1) is 12.7 Å². The molecule has 2 aromatic heterocycles. The Hall–Kier alpha value is -3.36. The third-order valence-corrected chi connectivity index (χ3v) is 7.45. The van der Waals surface area contributed by atoms with Crippen LogP contribution in [0.1, 0.15) is 17.5 Å². The zero-order valence-corrected chi connectivity index (χ0v) is 20.4. The molecule has 1 amide bonds. The maximum Gasteiger partial charge on any atom is 0.262 e. The van der Waals surface area contributed by atoms with E-state index in [-0.39, 0.29) is 23.7 Å². The average Bonchev–Trinajstić information content (AvgIpc) is 3.31. The van der Waals surface area contributed by atoms with Gasteiger partial charge in [-0.05, 0) is 18.6 Å². The van der Waals surface area contributed by atoms with Gasteiger partial charge in [0.15, 0.2) is 0 Å². The van der Waals surface area contributed by atoms with E-state index in [1.807, 2.05) is 47.5 Å². The standard InChI is InChI=1S/C27H27FN4O2S/c1-19-6-8-20(9-7-19)22-17-35-26-25(22)27(34)32(18-29-26)11-10-24(33)31-14-12-30(13-15-31)16-21-4-2-3-5-23(21)28/h2-9,17-18H,10-16H2,1H3. The van der Waals surface area contributed by atoms with Crippen molar-refractivity contribution in [3.8, 4) is 11.1 Å². The molecular weight excluding hydrogens is 463 g/mol. The summed E-state index contributed by atoms with van der Waals surface area (Å²) in [5.41, 5.74) is 3.59.